The Bertz CT molecular complexity index is 3240. The molecule has 3 aromatic heterocycles. The molecule has 3 amide bonds. The maximum absolute atomic E-state index is 14.1. The van der Waals surface area contributed by atoms with Crippen molar-refractivity contribution >= 4 is 96.2 Å². The number of nitrogens with zero attached hydrogens (tertiary/aromatic N) is 6. The number of halogens is 1. The van der Waals surface area contributed by atoms with E-state index in [9.17, 15) is 37.5 Å². The monoisotopic (exact) mass is 994 g/mol. The highest BCUT2D eigenvalue weighted by atomic mass is 35.5. The summed E-state index contributed by atoms with van der Waals surface area (Å²) in [6.07, 6.45) is 4.86. The zero-order valence-corrected chi connectivity index (χ0v) is 39.9. The molecule has 0 radical (unpaired) electrons. The van der Waals surface area contributed by atoms with Crippen LogP contribution in [-0.4, -0.2) is 111 Å². The summed E-state index contributed by atoms with van der Waals surface area (Å²) in [6.45, 7) is 4.76. The number of carboxylic acids is 2. The van der Waals surface area contributed by atoms with Crippen LogP contribution in [0.25, 0.3) is 26.9 Å². The highest BCUT2D eigenvalue weighted by Gasteiger charge is 2.43. The van der Waals surface area contributed by atoms with E-state index in [1.807, 2.05) is 50.2 Å². The number of aromatic carboxylic acids is 1. The minimum Gasteiger partial charge on any atom is -0.479 e. The van der Waals surface area contributed by atoms with Crippen LogP contribution in [0.5, 0.6) is 5.75 Å². The topological polar surface area (TPSA) is 233 Å². The number of carboxylic acid groups (broad SMARTS) is 2. The van der Waals surface area contributed by atoms with Crippen LogP contribution in [0.2, 0.25) is 5.02 Å². The van der Waals surface area contributed by atoms with Crippen LogP contribution in [0.4, 0.5) is 17.2 Å². The van der Waals surface area contributed by atoms with E-state index < -0.39 is 46.1 Å². The molecule has 18 nitrogen and oxygen atoms in total. The number of hydrogen-bond donors (Lipinski definition) is 4. The Labute approximate surface area is 404 Å². The predicted octanol–water partition coefficient (Wildman–Crippen LogP) is 6.76. The van der Waals surface area contributed by atoms with Gasteiger partial charge in [-0.3, -0.25) is 24.6 Å². The van der Waals surface area contributed by atoms with Gasteiger partial charge >= 0.3 is 11.9 Å². The van der Waals surface area contributed by atoms with Gasteiger partial charge in [-0.15, -0.1) is 16.4 Å². The Morgan fingerprint density at radius 3 is 2.51 bits per heavy atom. The number of piperidine rings is 3. The van der Waals surface area contributed by atoms with Crippen molar-refractivity contribution in [1.29, 1.82) is 0 Å². The molecule has 2 atom stereocenters. The van der Waals surface area contributed by atoms with Gasteiger partial charge in [0.05, 0.1) is 16.3 Å². The van der Waals surface area contributed by atoms with Gasteiger partial charge < -0.3 is 25.2 Å². The lowest BCUT2D eigenvalue weighted by Gasteiger charge is -2.44. The maximum Gasteiger partial charge on any atom is 0.349 e. The van der Waals surface area contributed by atoms with Crippen LogP contribution in [-0.2, 0) is 30.2 Å². The molecule has 4 aliphatic heterocycles. The van der Waals surface area contributed by atoms with Crippen LogP contribution in [0, 0.1) is 0 Å². The Morgan fingerprint density at radius 2 is 1.77 bits per heavy atom. The van der Waals surface area contributed by atoms with Gasteiger partial charge in [0.2, 0.25) is 21.8 Å². The molecule has 0 bridgehead atoms. The molecule has 3 aromatic carbocycles. The van der Waals surface area contributed by atoms with E-state index in [4.69, 9.17) is 31.5 Å². The molecule has 0 aliphatic carbocycles. The number of ether oxygens (including phenoxy) is 1. The second-order valence-electron chi connectivity index (χ2n) is 18.5. The van der Waals surface area contributed by atoms with Gasteiger partial charge in [-0.25, -0.2) is 27.5 Å². The van der Waals surface area contributed by atoms with Gasteiger partial charge in [-0.1, -0.05) is 41.9 Å². The Kier molecular flexibility index (Phi) is 11.9. The molecule has 3 fully saturated rings. The Balaban J connectivity index is 0.778. The van der Waals surface area contributed by atoms with Gasteiger partial charge in [0.25, 0.3) is 5.91 Å². The van der Waals surface area contributed by atoms with E-state index in [1.165, 1.54) is 0 Å². The molecule has 3 saturated heterocycles. The molecule has 4 N–H and O–H groups in total. The van der Waals surface area contributed by atoms with E-state index >= 15 is 0 Å². The molecule has 0 spiro atoms. The third kappa shape index (κ3) is 8.63. The molecule has 10 rings (SSSR count). The number of nitrogens with one attached hydrogen (secondary N) is 2. The molecular weight excluding hydrogens is 948 g/mol. The van der Waals surface area contributed by atoms with Crippen LogP contribution in [0.3, 0.4) is 0 Å². The number of sulfonamides is 1. The van der Waals surface area contributed by atoms with Crippen LogP contribution in [0.1, 0.15) is 89.6 Å². The van der Waals surface area contributed by atoms with E-state index in [0.717, 1.165) is 52.0 Å². The summed E-state index contributed by atoms with van der Waals surface area (Å²) in [6, 6.07) is 19.7. The molecule has 4 aliphatic rings. The average molecular weight is 996 g/mol. The van der Waals surface area contributed by atoms with Crippen LogP contribution >= 0.6 is 22.9 Å². The molecular formula is C48H47ClN8O10S2. The van der Waals surface area contributed by atoms with Crippen molar-refractivity contribution in [3.8, 4) is 16.2 Å². The number of anilines is 3. The number of benzene rings is 3. The van der Waals surface area contributed by atoms with Crippen LogP contribution in [0.15, 0.2) is 72.9 Å². The molecule has 2 unspecified atom stereocenters. The van der Waals surface area contributed by atoms with Gasteiger partial charge in [0.1, 0.15) is 16.8 Å². The van der Waals surface area contributed by atoms with E-state index in [0.29, 0.717) is 59.0 Å². The number of thiophene rings is 1. The number of fused-ring (bicyclic) bond motifs is 1. The molecule has 21 heteroatoms. The number of aliphatic carboxylic acids is 1. The fourth-order valence-electron chi connectivity index (χ4n) is 10.4. The fraction of sp³-hybridized carbons (Fsp3) is 0.354. The number of hydrogen-bond acceptors (Lipinski definition) is 13. The lowest BCUT2D eigenvalue weighted by atomic mass is 9.85. The number of carbonyl (C=O) groups is 5. The highest BCUT2D eigenvalue weighted by Crippen LogP contribution is 2.47. The second kappa shape index (κ2) is 17.7. The molecule has 6 aromatic rings. The Morgan fingerprint density at radius 1 is 0.986 bits per heavy atom. The third-order valence-corrected chi connectivity index (χ3v) is 17.2. The van der Waals surface area contributed by atoms with Crippen molar-refractivity contribution in [1.82, 2.24) is 24.2 Å². The van der Waals surface area contributed by atoms with E-state index in [2.05, 4.69) is 21.6 Å². The predicted molar refractivity (Wildman–Crippen MR) is 259 cm³/mol. The summed E-state index contributed by atoms with van der Waals surface area (Å²) in [5.41, 5.74) is 3.91. The van der Waals surface area contributed by atoms with Crippen LogP contribution < -0.4 is 25.2 Å². The first kappa shape index (κ1) is 46.1. The van der Waals surface area contributed by atoms with Crippen molar-refractivity contribution in [2.45, 2.75) is 81.7 Å². The first-order valence-electron chi connectivity index (χ1n) is 22.6. The number of rotatable bonds is 13. The van der Waals surface area contributed by atoms with Crippen molar-refractivity contribution in [3.63, 3.8) is 0 Å². The highest BCUT2D eigenvalue weighted by molar-refractivity contribution is 7.88. The maximum atomic E-state index is 14.1. The number of amides is 3. The van der Waals surface area contributed by atoms with Gasteiger partial charge in [0.15, 0.2) is 28.7 Å². The minimum atomic E-state index is -3.81. The number of imide groups is 1. The molecule has 7 heterocycles. The van der Waals surface area contributed by atoms with Gasteiger partial charge in [-0.05, 0) is 98.7 Å². The molecule has 0 saturated carbocycles. The summed E-state index contributed by atoms with van der Waals surface area (Å²) in [5, 5.41) is 31.3. The lowest BCUT2D eigenvalue weighted by Crippen LogP contribution is -2.55. The standard InChI is InChI=1S/C48H47ClN8O10S2/c1-48(2)23-29(50-28-6-3-5-27(21-28)43-41(49)42(67-24-39(59)60)44(68-43)47(63)64)16-20-56(48)69(65,66)25-30-15-19-55-36(51-30)22-37(53-55)54-17-13-26(14-18-54)31-9-10-34-40-32(31)7-4-8-33(40)46(62)57(34)35-11-12-38(58)52-45(35)61/h3-10,15,19,21-22,26,29,35,50H,11-14,16-18,20,23-25H2,1-2H3,(H,59,60)(H,63,64)(H,52,58,61). The largest absolute Gasteiger partial charge is 0.479 e. The quantitative estimate of drug-likeness (QED) is 0.0876. The van der Waals surface area contributed by atoms with Gasteiger partial charge in [-0.2, -0.15) is 4.31 Å². The van der Waals surface area contributed by atoms with Crippen molar-refractivity contribution in [2.24, 2.45) is 0 Å². The zero-order valence-electron chi connectivity index (χ0n) is 37.5. The average Bonchev–Trinajstić information content (AvgIpc) is 3.97. The lowest BCUT2D eigenvalue weighted by molar-refractivity contribution is -0.139. The smallest absolute Gasteiger partial charge is 0.349 e. The Hall–Kier alpha value is -6.61. The first-order chi connectivity index (χ1) is 33.0. The SMILES string of the molecule is CC1(C)CC(Nc2cccc(-c3sc(C(=O)O)c(OCC(=O)O)c3Cl)c2)CCN1S(=O)(=O)Cc1ccn2nc(N3CCC(c4ccc5c6c(cccc46)C(=O)N5C4CCC(=O)NC4=O)CC3)cc2n1. The summed E-state index contributed by atoms with van der Waals surface area (Å²) < 4.78 is 36.7. The van der Waals surface area contributed by atoms with Crippen molar-refractivity contribution in [2.75, 3.05) is 41.4 Å². The summed E-state index contributed by atoms with van der Waals surface area (Å²) in [4.78, 5) is 70.1. The van der Waals surface area contributed by atoms with Crippen molar-refractivity contribution < 1.29 is 47.3 Å². The van der Waals surface area contributed by atoms with E-state index in [1.54, 1.807) is 44.2 Å². The van der Waals surface area contributed by atoms with E-state index in [-0.39, 0.29) is 64.6 Å². The molecule has 358 valence electrons. The normalized spacial score (nSPS) is 19.9. The number of aromatic nitrogens is 3. The summed E-state index contributed by atoms with van der Waals surface area (Å²) in [7, 11) is -3.81. The van der Waals surface area contributed by atoms with Gasteiger partial charge in [0, 0.05) is 66.5 Å². The fourth-order valence-corrected chi connectivity index (χ4v) is 13.7. The number of carbonyl (C=O) groups excluding carboxylic acids is 3. The third-order valence-electron chi connectivity index (χ3n) is 13.5. The first-order valence-corrected chi connectivity index (χ1v) is 25.4. The summed E-state index contributed by atoms with van der Waals surface area (Å²) in [5.74, 6) is -3.11. The minimum absolute atomic E-state index is 0.00530. The zero-order chi connectivity index (χ0) is 48.5. The second-order valence-corrected chi connectivity index (χ2v) is 21.8. The van der Waals surface area contributed by atoms with Crippen molar-refractivity contribution in [3.05, 3.63) is 99.6 Å². The molecule has 69 heavy (non-hydrogen) atoms. The summed E-state index contributed by atoms with van der Waals surface area (Å²) >= 11 is 7.42.